The lowest BCUT2D eigenvalue weighted by Crippen LogP contribution is -2.40. The maximum Gasteiger partial charge on any atom is 0.243 e. The third-order valence-corrected chi connectivity index (χ3v) is 6.37. The first-order valence-electron chi connectivity index (χ1n) is 9.56. The van der Waals surface area contributed by atoms with Gasteiger partial charge in [-0.05, 0) is 43.3 Å². The normalized spacial score (nSPS) is 11.2. The van der Waals surface area contributed by atoms with Crippen molar-refractivity contribution >= 4 is 15.9 Å². The summed E-state index contributed by atoms with van der Waals surface area (Å²) in [6.45, 7) is 4.02. The highest BCUT2D eigenvalue weighted by Gasteiger charge is 2.25. The highest BCUT2D eigenvalue weighted by molar-refractivity contribution is 7.89. The molecule has 0 bridgehead atoms. The Kier molecular flexibility index (Phi) is 8.49. The molecular weight excluding hydrogens is 408 g/mol. The number of likely N-dealkylation sites (N-methyl/N-ethyl adjacent to an activating group) is 1. The second-order valence-corrected chi connectivity index (χ2v) is 8.19. The number of hydrogen-bond acceptors (Lipinski definition) is 6. The van der Waals surface area contributed by atoms with Crippen molar-refractivity contribution in [3.05, 3.63) is 48.0 Å². The average Bonchev–Trinajstić information content (AvgIpc) is 2.76. The van der Waals surface area contributed by atoms with E-state index < -0.39 is 15.9 Å². The van der Waals surface area contributed by atoms with Crippen LogP contribution in [0.25, 0.3) is 0 Å². The molecule has 2 rings (SSSR count). The number of sulfonamides is 1. The second-order valence-electron chi connectivity index (χ2n) is 6.25. The van der Waals surface area contributed by atoms with Crippen LogP contribution >= 0.6 is 0 Å². The van der Waals surface area contributed by atoms with Gasteiger partial charge in [0.05, 0.1) is 44.4 Å². The molecule has 0 saturated carbocycles. The quantitative estimate of drug-likeness (QED) is 0.581. The number of methoxy groups -OCH3 is 2. The van der Waals surface area contributed by atoms with Gasteiger partial charge in [-0.2, -0.15) is 4.31 Å². The van der Waals surface area contributed by atoms with Crippen LogP contribution in [-0.2, 0) is 21.4 Å². The summed E-state index contributed by atoms with van der Waals surface area (Å²) in [6.07, 6.45) is 0. The van der Waals surface area contributed by atoms with Crippen LogP contribution in [0.15, 0.2) is 47.4 Å². The highest BCUT2D eigenvalue weighted by atomic mass is 32.2. The van der Waals surface area contributed by atoms with E-state index in [-0.39, 0.29) is 24.5 Å². The van der Waals surface area contributed by atoms with Gasteiger partial charge in [0.15, 0.2) is 0 Å². The summed E-state index contributed by atoms with van der Waals surface area (Å²) < 4.78 is 42.9. The van der Waals surface area contributed by atoms with Crippen LogP contribution in [0.2, 0.25) is 0 Å². The minimum Gasteiger partial charge on any atom is -0.496 e. The maximum absolute atomic E-state index is 12.9. The molecule has 164 valence electrons. The Morgan fingerprint density at radius 2 is 1.60 bits per heavy atom. The molecule has 9 heteroatoms. The van der Waals surface area contributed by atoms with E-state index in [4.69, 9.17) is 14.2 Å². The summed E-state index contributed by atoms with van der Waals surface area (Å²) in [4.78, 5) is 12.6. The van der Waals surface area contributed by atoms with Crippen molar-refractivity contribution in [3.8, 4) is 17.2 Å². The lowest BCUT2D eigenvalue weighted by atomic mass is 10.1. The van der Waals surface area contributed by atoms with E-state index in [0.29, 0.717) is 29.4 Å². The number of rotatable bonds is 11. The molecule has 0 spiro atoms. The minimum absolute atomic E-state index is 0.104. The zero-order chi connectivity index (χ0) is 22.1. The van der Waals surface area contributed by atoms with Gasteiger partial charge in [0, 0.05) is 6.54 Å². The average molecular weight is 437 g/mol. The number of carbonyl (C=O) groups excluding carboxylic acids is 1. The number of carbonyl (C=O) groups is 1. The van der Waals surface area contributed by atoms with Gasteiger partial charge in [0.2, 0.25) is 15.9 Å². The number of benzene rings is 2. The van der Waals surface area contributed by atoms with Gasteiger partial charge < -0.3 is 19.5 Å². The van der Waals surface area contributed by atoms with Gasteiger partial charge in [-0.1, -0.05) is 13.0 Å². The van der Waals surface area contributed by atoms with Crippen molar-refractivity contribution < 1.29 is 27.4 Å². The number of nitrogens with zero attached hydrogens (tertiary/aromatic N) is 1. The van der Waals surface area contributed by atoms with Gasteiger partial charge in [-0.15, -0.1) is 0 Å². The molecule has 0 radical (unpaired) electrons. The molecule has 0 aliphatic rings. The molecule has 0 fully saturated rings. The van der Waals surface area contributed by atoms with Crippen LogP contribution in [0.4, 0.5) is 0 Å². The minimum atomic E-state index is -3.82. The molecule has 0 aliphatic carbocycles. The van der Waals surface area contributed by atoms with Crippen molar-refractivity contribution in [1.82, 2.24) is 9.62 Å². The molecule has 0 aliphatic heterocycles. The van der Waals surface area contributed by atoms with Gasteiger partial charge in [-0.25, -0.2) is 8.42 Å². The summed E-state index contributed by atoms with van der Waals surface area (Å²) >= 11 is 0. The SMILES string of the molecule is CCOc1ccc(S(=O)(=O)N(CC)CC(=O)NCc2c(OC)cccc2OC)cc1. The fraction of sp³-hybridized carbons (Fsp3) is 0.381. The van der Waals surface area contributed by atoms with Crippen LogP contribution in [0, 0.1) is 0 Å². The fourth-order valence-corrected chi connectivity index (χ4v) is 4.30. The monoisotopic (exact) mass is 436 g/mol. The fourth-order valence-electron chi connectivity index (χ4n) is 2.90. The molecular formula is C21H28N2O6S. The molecule has 0 aromatic heterocycles. The summed E-state index contributed by atoms with van der Waals surface area (Å²) in [5, 5.41) is 2.74. The van der Waals surface area contributed by atoms with Crippen LogP contribution in [-0.4, -0.2) is 52.5 Å². The summed E-state index contributed by atoms with van der Waals surface area (Å²) in [6, 6.07) is 11.4. The predicted octanol–water partition coefficient (Wildman–Crippen LogP) is 2.43. The van der Waals surface area contributed by atoms with Crippen molar-refractivity contribution in [3.63, 3.8) is 0 Å². The van der Waals surface area contributed by atoms with Crippen LogP contribution in [0.1, 0.15) is 19.4 Å². The number of ether oxygens (including phenoxy) is 3. The first kappa shape index (κ1) is 23.5. The zero-order valence-electron chi connectivity index (χ0n) is 17.7. The zero-order valence-corrected chi connectivity index (χ0v) is 18.5. The molecule has 1 N–H and O–H groups in total. The lowest BCUT2D eigenvalue weighted by Gasteiger charge is -2.20. The first-order chi connectivity index (χ1) is 14.4. The second kappa shape index (κ2) is 10.8. The highest BCUT2D eigenvalue weighted by Crippen LogP contribution is 2.28. The number of nitrogens with one attached hydrogen (secondary N) is 1. The van der Waals surface area contributed by atoms with E-state index in [0.717, 1.165) is 4.31 Å². The van der Waals surface area contributed by atoms with Crippen LogP contribution in [0.3, 0.4) is 0 Å². The van der Waals surface area contributed by atoms with Crippen molar-refractivity contribution in [2.24, 2.45) is 0 Å². The standard InChI is InChI=1S/C21H28N2O6S/c1-5-23(30(25,26)17-12-10-16(11-13-17)29-6-2)15-21(24)22-14-18-19(27-3)8-7-9-20(18)28-4/h7-13H,5-6,14-15H2,1-4H3,(H,22,24). The van der Waals surface area contributed by atoms with E-state index in [1.807, 2.05) is 6.92 Å². The van der Waals surface area contributed by atoms with Gasteiger partial charge in [-0.3, -0.25) is 4.79 Å². The molecule has 0 unspecified atom stereocenters. The molecule has 2 aromatic carbocycles. The molecule has 0 saturated heterocycles. The van der Waals surface area contributed by atoms with Crippen molar-refractivity contribution in [2.45, 2.75) is 25.3 Å². The predicted molar refractivity (Wildman–Crippen MR) is 113 cm³/mol. The van der Waals surface area contributed by atoms with E-state index in [9.17, 15) is 13.2 Å². The molecule has 30 heavy (non-hydrogen) atoms. The number of amides is 1. The molecule has 0 atom stereocenters. The molecule has 1 amide bonds. The first-order valence-corrected chi connectivity index (χ1v) is 11.0. The Morgan fingerprint density at radius 1 is 1.00 bits per heavy atom. The molecule has 8 nitrogen and oxygen atoms in total. The van der Waals surface area contributed by atoms with Crippen LogP contribution in [0.5, 0.6) is 17.2 Å². The Labute approximate surface area is 177 Å². The Morgan fingerprint density at radius 3 is 2.10 bits per heavy atom. The van der Waals surface area contributed by atoms with E-state index in [1.165, 1.54) is 26.4 Å². The van der Waals surface area contributed by atoms with E-state index >= 15 is 0 Å². The number of hydrogen-bond donors (Lipinski definition) is 1. The van der Waals surface area contributed by atoms with Gasteiger partial charge >= 0.3 is 0 Å². The van der Waals surface area contributed by atoms with Crippen molar-refractivity contribution in [1.29, 1.82) is 0 Å². The van der Waals surface area contributed by atoms with Gasteiger partial charge in [0.25, 0.3) is 0 Å². The molecule has 0 heterocycles. The largest absolute Gasteiger partial charge is 0.496 e. The molecule has 2 aromatic rings. The van der Waals surface area contributed by atoms with E-state index in [1.54, 1.807) is 37.3 Å². The third kappa shape index (κ3) is 5.64. The van der Waals surface area contributed by atoms with E-state index in [2.05, 4.69) is 5.32 Å². The van der Waals surface area contributed by atoms with Crippen molar-refractivity contribution in [2.75, 3.05) is 33.9 Å². The van der Waals surface area contributed by atoms with Crippen LogP contribution < -0.4 is 19.5 Å². The lowest BCUT2D eigenvalue weighted by molar-refractivity contribution is -0.121. The summed E-state index contributed by atoms with van der Waals surface area (Å²) in [7, 11) is -0.759. The third-order valence-electron chi connectivity index (χ3n) is 4.44. The Hall–Kier alpha value is -2.78. The topological polar surface area (TPSA) is 94.2 Å². The Balaban J connectivity index is 2.09. The van der Waals surface area contributed by atoms with Gasteiger partial charge in [0.1, 0.15) is 17.2 Å². The summed E-state index contributed by atoms with van der Waals surface area (Å²) in [5.41, 5.74) is 0.674. The smallest absolute Gasteiger partial charge is 0.243 e. The Bertz CT molecular complexity index is 922. The maximum atomic E-state index is 12.9. The summed E-state index contributed by atoms with van der Waals surface area (Å²) in [5.74, 6) is 1.30.